The average molecular weight is 612 g/mol. The predicted molar refractivity (Wildman–Crippen MR) is 166 cm³/mol. The van der Waals surface area contributed by atoms with Crippen molar-refractivity contribution in [3.05, 3.63) is 35.9 Å². The first-order chi connectivity index (χ1) is 20.7. The lowest BCUT2D eigenvalue weighted by molar-refractivity contribution is -0.199. The Morgan fingerprint density at radius 2 is 1.89 bits per heavy atom. The van der Waals surface area contributed by atoms with Gasteiger partial charge in [0, 0.05) is 12.6 Å². The lowest BCUT2D eigenvalue weighted by atomic mass is 9.43. The van der Waals surface area contributed by atoms with Gasteiger partial charge in [0.25, 0.3) is 0 Å². The van der Waals surface area contributed by atoms with Crippen molar-refractivity contribution in [1.29, 1.82) is 0 Å². The number of likely N-dealkylation sites (tertiary alicyclic amines) is 1. The molecule has 2 heterocycles. The molecule has 0 spiro atoms. The first kappa shape index (κ1) is 32.8. The highest BCUT2D eigenvalue weighted by atomic mass is 16.7. The molecule has 3 N–H and O–H groups in total. The molecule has 7 atom stereocenters. The van der Waals surface area contributed by atoms with E-state index in [9.17, 15) is 14.4 Å². The smallest absolute Gasteiger partial charge is 0.460 e. The van der Waals surface area contributed by atoms with Crippen molar-refractivity contribution in [3.63, 3.8) is 0 Å². The van der Waals surface area contributed by atoms with E-state index in [-0.39, 0.29) is 55.0 Å². The van der Waals surface area contributed by atoms with Gasteiger partial charge in [0.05, 0.1) is 30.0 Å². The number of hydrogen-bond acceptors (Lipinski definition) is 8. The number of nitrogens with one attached hydrogen (secondary N) is 1. The van der Waals surface area contributed by atoms with E-state index in [4.69, 9.17) is 24.5 Å². The maximum Gasteiger partial charge on any atom is 0.481 e. The molecule has 10 nitrogen and oxygen atoms in total. The number of esters is 1. The topological polar surface area (TPSA) is 129 Å². The number of carbonyl (C=O) groups excluding carboxylic acids is 3. The van der Waals surface area contributed by atoms with Crippen LogP contribution in [0.2, 0.25) is 0 Å². The second-order valence-corrected chi connectivity index (χ2v) is 14.9. The SMILES string of the molecule is CC(C)(C)OC(=O)C[C@@H](C(=O)N1CCC[C@H]1B1O[C@@H]2C[C@@H]3C[C@@H](C3(C)C)[C@]2(C)O1)[C@@H](CCN)NC(=O)OCc1ccccc1. The van der Waals surface area contributed by atoms with Gasteiger partial charge in [-0.05, 0) is 89.2 Å². The van der Waals surface area contributed by atoms with E-state index in [1.54, 1.807) is 25.7 Å². The summed E-state index contributed by atoms with van der Waals surface area (Å²) in [5.74, 6) is -0.898. The van der Waals surface area contributed by atoms with E-state index in [2.05, 4.69) is 26.1 Å². The first-order valence-corrected chi connectivity index (χ1v) is 16.3. The molecule has 11 heteroatoms. The fraction of sp³-hybridized carbons (Fsp3) is 0.727. The molecule has 0 radical (unpaired) electrons. The van der Waals surface area contributed by atoms with Crippen molar-refractivity contribution in [3.8, 4) is 0 Å². The molecule has 242 valence electrons. The molecule has 0 unspecified atom stereocenters. The number of carbonyl (C=O) groups is 3. The zero-order valence-corrected chi connectivity index (χ0v) is 27.2. The van der Waals surface area contributed by atoms with Crippen LogP contribution in [0, 0.1) is 23.2 Å². The molecule has 5 fully saturated rings. The van der Waals surface area contributed by atoms with Crippen molar-refractivity contribution >= 4 is 25.1 Å². The molecule has 0 aromatic heterocycles. The number of benzene rings is 1. The fourth-order valence-electron chi connectivity index (χ4n) is 8.06. The molecule has 2 amide bonds. The first-order valence-electron chi connectivity index (χ1n) is 16.3. The zero-order valence-electron chi connectivity index (χ0n) is 27.2. The molecule has 2 saturated heterocycles. The summed E-state index contributed by atoms with van der Waals surface area (Å²) in [5, 5.41) is 2.85. The summed E-state index contributed by atoms with van der Waals surface area (Å²) < 4.78 is 24.4. The van der Waals surface area contributed by atoms with E-state index in [1.807, 2.05) is 30.3 Å². The Morgan fingerprint density at radius 3 is 2.55 bits per heavy atom. The fourth-order valence-corrected chi connectivity index (χ4v) is 8.06. The Labute approximate surface area is 262 Å². The van der Waals surface area contributed by atoms with Crippen LogP contribution in [-0.2, 0) is 35.0 Å². The van der Waals surface area contributed by atoms with Crippen LogP contribution in [0.25, 0.3) is 0 Å². The van der Waals surface area contributed by atoms with Gasteiger partial charge in [-0.2, -0.15) is 0 Å². The number of rotatable bonds is 10. The molecule has 44 heavy (non-hydrogen) atoms. The minimum atomic E-state index is -0.899. The molecular weight excluding hydrogens is 561 g/mol. The number of ether oxygens (including phenoxy) is 2. The quantitative estimate of drug-likeness (QED) is 0.297. The van der Waals surface area contributed by atoms with Gasteiger partial charge in [0.2, 0.25) is 5.91 Å². The van der Waals surface area contributed by atoms with Gasteiger partial charge < -0.3 is 34.7 Å². The van der Waals surface area contributed by atoms with E-state index in [1.165, 1.54) is 0 Å². The Bertz CT molecular complexity index is 1210. The van der Waals surface area contributed by atoms with Crippen molar-refractivity contribution < 1.29 is 33.2 Å². The summed E-state index contributed by atoms with van der Waals surface area (Å²) in [5.41, 5.74) is 5.91. The predicted octanol–water partition coefficient (Wildman–Crippen LogP) is 4.24. The maximum atomic E-state index is 14.4. The number of alkyl carbamates (subject to hydrolysis) is 1. The summed E-state index contributed by atoms with van der Waals surface area (Å²) in [6, 6.07) is 8.61. The van der Waals surface area contributed by atoms with Crippen LogP contribution in [0.1, 0.15) is 85.6 Å². The third-order valence-electron chi connectivity index (χ3n) is 10.5. The monoisotopic (exact) mass is 611 g/mol. The standard InChI is InChI=1S/C33H50BN3O7/c1-31(2,3)42-28(38)19-23(24(14-15-35)36-30(40)41-20-21-11-8-7-9-12-21)29(39)37-16-10-13-27(37)34-43-26-18-22-17-25(32(22,4)5)33(26,6)44-34/h7-9,11-12,22-27H,10,13-20,35H2,1-6H3,(H,36,40)/t22-,23+,24+,25-,26+,27-,33-/m0/s1. The molecule has 3 saturated carbocycles. The Balaban J connectivity index is 1.33. The van der Waals surface area contributed by atoms with E-state index >= 15 is 0 Å². The second kappa shape index (κ2) is 12.6. The summed E-state index contributed by atoms with van der Waals surface area (Å²) >= 11 is 0. The Kier molecular flexibility index (Phi) is 9.41. The molecular formula is C33H50BN3O7. The summed E-state index contributed by atoms with van der Waals surface area (Å²) in [6.07, 6.45) is 3.06. The highest BCUT2D eigenvalue weighted by Gasteiger charge is 2.69. The van der Waals surface area contributed by atoms with E-state index in [0.717, 1.165) is 31.2 Å². The van der Waals surface area contributed by atoms with Gasteiger partial charge >= 0.3 is 19.2 Å². The Morgan fingerprint density at radius 1 is 1.16 bits per heavy atom. The van der Waals surface area contributed by atoms with Gasteiger partial charge in [-0.1, -0.05) is 44.2 Å². The minimum Gasteiger partial charge on any atom is -0.460 e. The third kappa shape index (κ3) is 6.65. The molecule has 1 aromatic rings. The van der Waals surface area contributed by atoms with Crippen LogP contribution in [-0.4, -0.2) is 72.4 Å². The van der Waals surface area contributed by atoms with Gasteiger partial charge in [0.15, 0.2) is 0 Å². The van der Waals surface area contributed by atoms with Gasteiger partial charge in [-0.25, -0.2) is 4.79 Å². The lowest BCUT2D eigenvalue weighted by Crippen LogP contribution is -2.65. The van der Waals surface area contributed by atoms with Crippen molar-refractivity contribution in [2.24, 2.45) is 28.9 Å². The molecule has 5 aliphatic rings. The van der Waals surface area contributed by atoms with Crippen LogP contribution in [0.4, 0.5) is 4.79 Å². The molecule has 1 aromatic carbocycles. The Hall–Kier alpha value is -2.63. The van der Waals surface area contributed by atoms with E-state index < -0.39 is 36.7 Å². The van der Waals surface area contributed by atoms with Crippen molar-refractivity contribution in [2.75, 3.05) is 13.1 Å². The van der Waals surface area contributed by atoms with Gasteiger partial charge in [-0.3, -0.25) is 9.59 Å². The van der Waals surface area contributed by atoms with Crippen LogP contribution in [0.3, 0.4) is 0 Å². The van der Waals surface area contributed by atoms with Gasteiger partial charge in [-0.15, -0.1) is 0 Å². The van der Waals surface area contributed by atoms with Crippen LogP contribution >= 0.6 is 0 Å². The van der Waals surface area contributed by atoms with E-state index in [0.29, 0.717) is 18.4 Å². The largest absolute Gasteiger partial charge is 0.481 e. The van der Waals surface area contributed by atoms with Gasteiger partial charge in [0.1, 0.15) is 12.2 Å². The molecule has 3 aliphatic carbocycles. The number of nitrogens with two attached hydrogens (primary N) is 1. The van der Waals surface area contributed by atoms with Crippen LogP contribution in [0.5, 0.6) is 0 Å². The molecule has 2 bridgehead atoms. The normalized spacial score (nSPS) is 30.2. The third-order valence-corrected chi connectivity index (χ3v) is 10.5. The molecule has 6 rings (SSSR count). The molecule has 2 aliphatic heterocycles. The highest BCUT2D eigenvalue weighted by molar-refractivity contribution is 6.48. The van der Waals surface area contributed by atoms with Crippen LogP contribution < -0.4 is 11.1 Å². The lowest BCUT2D eigenvalue weighted by Gasteiger charge is -2.64. The number of nitrogens with zero attached hydrogens (tertiary/aromatic N) is 1. The maximum absolute atomic E-state index is 14.4. The second-order valence-electron chi connectivity index (χ2n) is 14.9. The van der Waals surface area contributed by atoms with Crippen molar-refractivity contribution in [1.82, 2.24) is 10.2 Å². The summed E-state index contributed by atoms with van der Waals surface area (Å²) in [4.78, 5) is 42.3. The summed E-state index contributed by atoms with van der Waals surface area (Å²) in [6.45, 7) is 13.0. The number of hydrogen-bond donors (Lipinski definition) is 2. The highest BCUT2D eigenvalue weighted by Crippen LogP contribution is 2.66. The van der Waals surface area contributed by atoms with Crippen molar-refractivity contribution in [2.45, 2.75) is 116 Å². The minimum absolute atomic E-state index is 0.00503. The zero-order chi connectivity index (χ0) is 31.9. The van der Waals surface area contributed by atoms with Crippen LogP contribution in [0.15, 0.2) is 30.3 Å². The number of amides is 2. The summed E-state index contributed by atoms with van der Waals surface area (Å²) in [7, 11) is -0.537. The average Bonchev–Trinajstić information content (AvgIpc) is 3.58.